The molecule has 1 aliphatic rings. The maximum absolute atomic E-state index is 3.55. The van der Waals surface area contributed by atoms with E-state index in [1.165, 1.54) is 32.2 Å². The molecule has 0 aliphatic carbocycles. The monoisotopic (exact) mass is 188 g/mol. The zero-order chi connectivity index (χ0) is 8.97. The van der Waals surface area contributed by atoms with Gasteiger partial charge in [0.15, 0.2) is 0 Å². The molecule has 1 aliphatic heterocycles. The SMILES string of the molecule is CC1CCNC1CN(C)CCP. The summed E-state index contributed by atoms with van der Waals surface area (Å²) in [6, 6.07) is 0.728. The van der Waals surface area contributed by atoms with Crippen molar-refractivity contribution in [1.82, 2.24) is 10.2 Å². The van der Waals surface area contributed by atoms with Gasteiger partial charge in [0.2, 0.25) is 0 Å². The van der Waals surface area contributed by atoms with Gasteiger partial charge in [0.1, 0.15) is 0 Å². The Balaban J connectivity index is 2.20. The highest BCUT2D eigenvalue weighted by Gasteiger charge is 2.23. The predicted octanol–water partition coefficient (Wildman–Crippen LogP) is 0.791. The molecule has 0 aromatic rings. The average molecular weight is 188 g/mol. The maximum Gasteiger partial charge on any atom is 0.0220 e. The first kappa shape index (κ1) is 10.4. The lowest BCUT2D eigenvalue weighted by atomic mass is 10.0. The molecular weight excluding hydrogens is 167 g/mol. The highest BCUT2D eigenvalue weighted by atomic mass is 31.0. The molecule has 12 heavy (non-hydrogen) atoms. The second kappa shape index (κ2) is 5.16. The third kappa shape index (κ3) is 3.01. The molecule has 0 aromatic carbocycles. The van der Waals surface area contributed by atoms with Crippen LogP contribution in [0.15, 0.2) is 0 Å². The molecule has 0 saturated carbocycles. The van der Waals surface area contributed by atoms with E-state index in [0.717, 1.165) is 12.0 Å². The summed E-state index contributed by atoms with van der Waals surface area (Å²) in [5, 5.41) is 3.55. The standard InChI is InChI=1S/C9H21N2P/c1-8-3-4-10-9(8)7-11(2)5-6-12/h8-10H,3-7,12H2,1-2H3. The lowest BCUT2D eigenvalue weighted by molar-refractivity contribution is 0.291. The van der Waals surface area contributed by atoms with Crippen LogP contribution >= 0.6 is 9.24 Å². The largest absolute Gasteiger partial charge is 0.312 e. The Kier molecular flexibility index (Phi) is 4.49. The highest BCUT2D eigenvalue weighted by Crippen LogP contribution is 2.14. The third-order valence-corrected chi connectivity index (χ3v) is 2.97. The number of hydrogen-bond donors (Lipinski definition) is 1. The Morgan fingerprint density at radius 3 is 2.83 bits per heavy atom. The zero-order valence-corrected chi connectivity index (χ0v) is 9.37. The van der Waals surface area contributed by atoms with Crippen LogP contribution < -0.4 is 5.32 Å². The van der Waals surface area contributed by atoms with Crippen LogP contribution in [0.3, 0.4) is 0 Å². The van der Waals surface area contributed by atoms with Gasteiger partial charge in [-0.15, -0.1) is 9.24 Å². The van der Waals surface area contributed by atoms with Crippen molar-refractivity contribution in [2.45, 2.75) is 19.4 Å². The molecule has 72 valence electrons. The summed E-state index contributed by atoms with van der Waals surface area (Å²) in [4.78, 5) is 2.41. The van der Waals surface area contributed by atoms with Crippen molar-refractivity contribution in [3.63, 3.8) is 0 Å². The van der Waals surface area contributed by atoms with Crippen LogP contribution in [0.4, 0.5) is 0 Å². The molecule has 0 radical (unpaired) electrons. The molecule has 3 atom stereocenters. The van der Waals surface area contributed by atoms with Gasteiger partial charge in [0.05, 0.1) is 0 Å². The zero-order valence-electron chi connectivity index (χ0n) is 8.21. The van der Waals surface area contributed by atoms with Gasteiger partial charge in [-0.1, -0.05) is 6.92 Å². The molecule has 0 spiro atoms. The van der Waals surface area contributed by atoms with Gasteiger partial charge >= 0.3 is 0 Å². The van der Waals surface area contributed by atoms with Crippen LogP contribution in [-0.4, -0.2) is 43.8 Å². The van der Waals surface area contributed by atoms with Crippen molar-refractivity contribution in [2.24, 2.45) is 5.92 Å². The summed E-state index contributed by atoms with van der Waals surface area (Å²) in [5.41, 5.74) is 0. The quantitative estimate of drug-likeness (QED) is 0.656. The number of likely N-dealkylation sites (N-methyl/N-ethyl adjacent to an activating group) is 1. The van der Waals surface area contributed by atoms with Crippen LogP contribution in [0.1, 0.15) is 13.3 Å². The summed E-state index contributed by atoms with van der Waals surface area (Å²) >= 11 is 0. The highest BCUT2D eigenvalue weighted by molar-refractivity contribution is 7.16. The normalized spacial score (nSPS) is 30.0. The average Bonchev–Trinajstić information content (AvgIpc) is 2.37. The first-order chi connectivity index (χ1) is 5.74. The molecule has 3 heteroatoms. The molecule has 1 rings (SSSR count). The van der Waals surface area contributed by atoms with E-state index in [-0.39, 0.29) is 0 Å². The third-order valence-electron chi connectivity index (χ3n) is 2.71. The molecule has 0 amide bonds. The molecule has 0 bridgehead atoms. The lowest BCUT2D eigenvalue weighted by Gasteiger charge is -2.23. The van der Waals surface area contributed by atoms with Crippen molar-refractivity contribution in [3.05, 3.63) is 0 Å². The summed E-state index contributed by atoms with van der Waals surface area (Å²) in [6.45, 7) is 5.95. The van der Waals surface area contributed by atoms with Gasteiger partial charge < -0.3 is 10.2 Å². The summed E-state index contributed by atoms with van der Waals surface area (Å²) in [5.74, 6) is 0.858. The number of hydrogen-bond acceptors (Lipinski definition) is 2. The summed E-state index contributed by atoms with van der Waals surface area (Å²) in [6.07, 6.45) is 2.52. The van der Waals surface area contributed by atoms with Crippen LogP contribution in [0.5, 0.6) is 0 Å². The minimum Gasteiger partial charge on any atom is -0.312 e. The van der Waals surface area contributed by atoms with Crippen molar-refractivity contribution in [1.29, 1.82) is 0 Å². The van der Waals surface area contributed by atoms with Gasteiger partial charge in [-0.25, -0.2) is 0 Å². The van der Waals surface area contributed by atoms with Crippen LogP contribution in [0.25, 0.3) is 0 Å². The minimum atomic E-state index is 0.728. The van der Waals surface area contributed by atoms with Crippen molar-refractivity contribution in [2.75, 3.05) is 32.8 Å². The van der Waals surface area contributed by atoms with E-state index in [1.54, 1.807) is 0 Å². The van der Waals surface area contributed by atoms with E-state index in [2.05, 4.69) is 33.4 Å². The Bertz CT molecular complexity index is 130. The van der Waals surface area contributed by atoms with E-state index in [1.807, 2.05) is 0 Å². The fourth-order valence-electron chi connectivity index (χ4n) is 1.79. The molecule has 1 fully saturated rings. The number of nitrogens with zero attached hydrogens (tertiary/aromatic N) is 1. The first-order valence-corrected chi connectivity index (χ1v) is 5.67. The van der Waals surface area contributed by atoms with E-state index in [9.17, 15) is 0 Å². The van der Waals surface area contributed by atoms with Crippen LogP contribution in [-0.2, 0) is 0 Å². The topological polar surface area (TPSA) is 15.3 Å². The smallest absolute Gasteiger partial charge is 0.0220 e. The molecule has 2 nitrogen and oxygen atoms in total. The summed E-state index contributed by atoms with van der Waals surface area (Å²) < 4.78 is 0. The van der Waals surface area contributed by atoms with Gasteiger partial charge in [0, 0.05) is 19.1 Å². The first-order valence-electron chi connectivity index (χ1n) is 4.86. The predicted molar refractivity (Wildman–Crippen MR) is 57.6 cm³/mol. The molecule has 3 unspecified atom stereocenters. The summed E-state index contributed by atoms with van der Waals surface area (Å²) in [7, 11) is 4.98. The van der Waals surface area contributed by atoms with Crippen LogP contribution in [0, 0.1) is 5.92 Å². The lowest BCUT2D eigenvalue weighted by Crippen LogP contribution is -2.38. The van der Waals surface area contributed by atoms with Gasteiger partial charge in [-0.05, 0) is 32.1 Å². The molecule has 1 saturated heterocycles. The van der Waals surface area contributed by atoms with E-state index in [0.29, 0.717) is 0 Å². The van der Waals surface area contributed by atoms with E-state index in [4.69, 9.17) is 0 Å². The van der Waals surface area contributed by atoms with Crippen molar-refractivity contribution in [3.8, 4) is 0 Å². The Hall–Kier alpha value is 0.350. The van der Waals surface area contributed by atoms with E-state index < -0.39 is 0 Å². The fraction of sp³-hybridized carbons (Fsp3) is 1.00. The van der Waals surface area contributed by atoms with Gasteiger partial charge in [0.25, 0.3) is 0 Å². The van der Waals surface area contributed by atoms with Gasteiger partial charge in [-0.3, -0.25) is 0 Å². The van der Waals surface area contributed by atoms with Gasteiger partial charge in [-0.2, -0.15) is 0 Å². The Morgan fingerprint density at radius 2 is 2.33 bits per heavy atom. The molecule has 1 N–H and O–H groups in total. The number of nitrogens with one attached hydrogen (secondary N) is 1. The second-order valence-electron chi connectivity index (χ2n) is 3.88. The minimum absolute atomic E-state index is 0.728. The molecule has 0 aromatic heterocycles. The Morgan fingerprint density at radius 1 is 1.58 bits per heavy atom. The van der Waals surface area contributed by atoms with E-state index >= 15 is 0 Å². The van der Waals surface area contributed by atoms with Crippen LogP contribution in [0.2, 0.25) is 0 Å². The Labute approximate surface area is 78.3 Å². The molecule has 1 heterocycles. The number of rotatable bonds is 4. The van der Waals surface area contributed by atoms with Crippen molar-refractivity contribution < 1.29 is 0 Å². The molecular formula is C9H21N2P. The second-order valence-corrected chi connectivity index (χ2v) is 4.45. The fourth-order valence-corrected chi connectivity index (χ4v) is 2.23. The van der Waals surface area contributed by atoms with Crippen molar-refractivity contribution >= 4 is 9.24 Å². The maximum atomic E-state index is 3.55.